The Kier molecular flexibility index (Phi) is 5.11. The van der Waals surface area contributed by atoms with Gasteiger partial charge in [0, 0.05) is 17.9 Å². The fraction of sp³-hybridized carbons (Fsp3) is 0.278. The maximum atomic E-state index is 13.2. The monoisotopic (exact) mass is 413 g/mol. The van der Waals surface area contributed by atoms with Gasteiger partial charge in [-0.05, 0) is 43.7 Å². The predicted molar refractivity (Wildman–Crippen MR) is 98.4 cm³/mol. The fourth-order valence-corrected chi connectivity index (χ4v) is 3.82. The number of benzene rings is 2. The predicted octanol–water partition coefficient (Wildman–Crippen LogP) is 2.88. The molecule has 0 aliphatic carbocycles. The van der Waals surface area contributed by atoms with Crippen molar-refractivity contribution >= 4 is 27.3 Å². The van der Waals surface area contributed by atoms with Crippen LogP contribution in [0.5, 0.6) is 0 Å². The zero-order chi connectivity index (χ0) is 20.7. The Morgan fingerprint density at radius 3 is 2.36 bits per heavy atom. The van der Waals surface area contributed by atoms with Crippen LogP contribution in [0.25, 0.3) is 0 Å². The second kappa shape index (κ2) is 7.10. The van der Waals surface area contributed by atoms with Gasteiger partial charge in [0.25, 0.3) is 0 Å². The highest BCUT2D eigenvalue weighted by Crippen LogP contribution is 2.36. The lowest BCUT2D eigenvalue weighted by atomic mass is 10.1. The summed E-state index contributed by atoms with van der Waals surface area (Å²) in [5.74, 6) is -0.270. The van der Waals surface area contributed by atoms with Crippen molar-refractivity contribution in [3.05, 3.63) is 53.6 Å². The zero-order valence-corrected chi connectivity index (χ0v) is 15.6. The van der Waals surface area contributed by atoms with Crippen LogP contribution < -0.4 is 15.4 Å². The van der Waals surface area contributed by atoms with Gasteiger partial charge >= 0.3 is 6.18 Å². The number of alkyl halides is 3. The van der Waals surface area contributed by atoms with E-state index in [1.54, 1.807) is 17.0 Å². The molecule has 1 atom stereocenters. The molecule has 1 aliphatic rings. The molecule has 150 valence electrons. The normalized spacial score (nSPS) is 17.8. The number of sulfonamides is 1. The lowest BCUT2D eigenvalue weighted by Gasteiger charge is -2.19. The molecule has 1 fully saturated rings. The van der Waals surface area contributed by atoms with Crippen molar-refractivity contribution in [2.75, 3.05) is 16.8 Å². The van der Waals surface area contributed by atoms with E-state index in [4.69, 9.17) is 5.14 Å². The molecule has 0 spiro atoms. The number of nitrogens with two attached hydrogens (primary N) is 1. The number of carbonyl (C=O) groups excluding carboxylic acids is 1. The highest BCUT2D eigenvalue weighted by atomic mass is 32.2. The number of nitrogens with zero attached hydrogens (tertiary/aromatic N) is 1. The lowest BCUT2D eigenvalue weighted by Crippen LogP contribution is -2.33. The highest BCUT2D eigenvalue weighted by molar-refractivity contribution is 7.89. The summed E-state index contributed by atoms with van der Waals surface area (Å²) in [6.45, 7) is 2.34. The van der Waals surface area contributed by atoms with Gasteiger partial charge in [-0.25, -0.2) is 13.6 Å². The molecule has 2 aromatic rings. The first-order chi connectivity index (χ1) is 13.0. The van der Waals surface area contributed by atoms with E-state index in [9.17, 15) is 26.4 Å². The Labute approximate surface area is 160 Å². The number of rotatable bonds is 4. The summed E-state index contributed by atoms with van der Waals surface area (Å²) in [6, 6.07) is 9.23. The first kappa shape index (κ1) is 20.2. The molecule has 28 heavy (non-hydrogen) atoms. The van der Waals surface area contributed by atoms with E-state index in [0.717, 1.165) is 17.7 Å². The second-order valence-corrected chi connectivity index (χ2v) is 8.09. The van der Waals surface area contributed by atoms with E-state index in [0.29, 0.717) is 24.7 Å². The van der Waals surface area contributed by atoms with Crippen LogP contribution >= 0.6 is 0 Å². The second-order valence-electron chi connectivity index (χ2n) is 6.56. The third kappa shape index (κ3) is 4.12. The SMILES string of the molecule is Cc1ccc(N2CCC(Nc3ccc(S(N)(=O)=O)c(C(F)(F)F)c3)C2=O)cc1. The molecule has 10 heteroatoms. The van der Waals surface area contributed by atoms with Crippen LogP contribution in [0.2, 0.25) is 0 Å². The summed E-state index contributed by atoms with van der Waals surface area (Å²) in [7, 11) is -4.54. The summed E-state index contributed by atoms with van der Waals surface area (Å²) in [6.07, 6.45) is -4.52. The minimum absolute atomic E-state index is 0.0103. The Morgan fingerprint density at radius 1 is 1.14 bits per heavy atom. The molecular weight excluding hydrogens is 395 g/mol. The number of primary sulfonamides is 1. The van der Waals surface area contributed by atoms with Crippen LogP contribution in [-0.4, -0.2) is 26.9 Å². The fourth-order valence-electron chi connectivity index (χ4n) is 3.09. The molecule has 1 amide bonds. The summed E-state index contributed by atoms with van der Waals surface area (Å²) in [5.41, 5.74) is 0.366. The van der Waals surface area contributed by atoms with Gasteiger partial charge in [-0.3, -0.25) is 4.79 Å². The molecule has 0 aromatic heterocycles. The van der Waals surface area contributed by atoms with Gasteiger partial charge in [-0.2, -0.15) is 13.2 Å². The van der Waals surface area contributed by atoms with E-state index in [2.05, 4.69) is 5.32 Å². The number of hydrogen-bond donors (Lipinski definition) is 2. The number of nitrogens with one attached hydrogen (secondary N) is 1. The molecule has 1 saturated heterocycles. The average Bonchev–Trinajstić information content (AvgIpc) is 2.95. The largest absolute Gasteiger partial charge is 0.417 e. The first-order valence-electron chi connectivity index (χ1n) is 8.35. The van der Waals surface area contributed by atoms with Crippen molar-refractivity contribution in [2.45, 2.75) is 30.5 Å². The quantitative estimate of drug-likeness (QED) is 0.806. The number of amides is 1. The lowest BCUT2D eigenvalue weighted by molar-refractivity contribution is -0.139. The minimum Gasteiger partial charge on any atom is -0.374 e. The summed E-state index contributed by atoms with van der Waals surface area (Å²) < 4.78 is 62.6. The van der Waals surface area contributed by atoms with Gasteiger partial charge in [-0.15, -0.1) is 0 Å². The van der Waals surface area contributed by atoms with Crippen LogP contribution in [-0.2, 0) is 21.0 Å². The van der Waals surface area contributed by atoms with Gasteiger partial charge in [0.1, 0.15) is 6.04 Å². The molecule has 3 N–H and O–H groups in total. The number of halogens is 3. The number of aryl methyl sites for hydroxylation is 1. The van der Waals surface area contributed by atoms with Gasteiger partial charge in [0.2, 0.25) is 15.9 Å². The highest BCUT2D eigenvalue weighted by Gasteiger charge is 2.37. The Bertz CT molecular complexity index is 1000. The maximum Gasteiger partial charge on any atom is 0.417 e. The zero-order valence-electron chi connectivity index (χ0n) is 14.8. The Morgan fingerprint density at radius 2 is 1.79 bits per heavy atom. The van der Waals surface area contributed by atoms with Crippen LogP contribution in [0.1, 0.15) is 17.5 Å². The molecular formula is C18H18F3N3O3S. The van der Waals surface area contributed by atoms with Crippen molar-refractivity contribution in [3.63, 3.8) is 0 Å². The third-order valence-corrected chi connectivity index (χ3v) is 5.45. The smallest absolute Gasteiger partial charge is 0.374 e. The van der Waals surface area contributed by atoms with E-state index < -0.39 is 32.7 Å². The molecule has 3 rings (SSSR count). The first-order valence-corrected chi connectivity index (χ1v) is 9.90. The van der Waals surface area contributed by atoms with Gasteiger partial charge < -0.3 is 10.2 Å². The molecule has 2 aromatic carbocycles. The summed E-state index contributed by atoms with van der Waals surface area (Å²) >= 11 is 0. The standard InChI is InChI=1S/C18H18F3N3O3S/c1-11-2-5-13(6-3-11)24-9-8-15(17(24)25)23-12-4-7-16(28(22,26)27)14(10-12)18(19,20)21/h2-7,10,15,23H,8-9H2,1H3,(H2,22,26,27). The van der Waals surface area contributed by atoms with E-state index >= 15 is 0 Å². The van der Waals surface area contributed by atoms with Crippen molar-refractivity contribution in [3.8, 4) is 0 Å². The number of anilines is 2. The van der Waals surface area contributed by atoms with Crippen molar-refractivity contribution < 1.29 is 26.4 Å². The molecule has 0 bridgehead atoms. The van der Waals surface area contributed by atoms with Crippen LogP contribution in [0.4, 0.5) is 24.5 Å². The van der Waals surface area contributed by atoms with Crippen molar-refractivity contribution in [1.82, 2.24) is 0 Å². The third-order valence-electron chi connectivity index (χ3n) is 4.48. The van der Waals surface area contributed by atoms with Gasteiger partial charge in [0.15, 0.2) is 0 Å². The van der Waals surface area contributed by atoms with Crippen molar-refractivity contribution in [2.24, 2.45) is 5.14 Å². The summed E-state index contributed by atoms with van der Waals surface area (Å²) in [5, 5.41) is 7.64. The van der Waals surface area contributed by atoms with E-state index in [1.165, 1.54) is 0 Å². The Hall–Kier alpha value is -2.59. The van der Waals surface area contributed by atoms with E-state index in [-0.39, 0.29) is 11.6 Å². The summed E-state index contributed by atoms with van der Waals surface area (Å²) in [4.78, 5) is 13.2. The van der Waals surface area contributed by atoms with Crippen LogP contribution in [0.3, 0.4) is 0 Å². The molecule has 1 aliphatic heterocycles. The Balaban J connectivity index is 1.84. The van der Waals surface area contributed by atoms with Gasteiger partial charge in [0.05, 0.1) is 10.5 Å². The molecule has 0 radical (unpaired) electrons. The van der Waals surface area contributed by atoms with Crippen LogP contribution in [0.15, 0.2) is 47.4 Å². The molecule has 6 nitrogen and oxygen atoms in total. The van der Waals surface area contributed by atoms with Crippen molar-refractivity contribution in [1.29, 1.82) is 0 Å². The number of carbonyl (C=O) groups is 1. The topological polar surface area (TPSA) is 92.5 Å². The maximum absolute atomic E-state index is 13.2. The molecule has 0 saturated carbocycles. The molecule has 1 heterocycles. The molecule has 1 unspecified atom stereocenters. The van der Waals surface area contributed by atoms with Crippen LogP contribution in [0, 0.1) is 6.92 Å². The van der Waals surface area contributed by atoms with E-state index in [1.807, 2.05) is 19.1 Å². The minimum atomic E-state index is -4.91. The number of hydrogen-bond acceptors (Lipinski definition) is 4. The van der Waals surface area contributed by atoms with Gasteiger partial charge in [-0.1, -0.05) is 17.7 Å². The average molecular weight is 413 g/mol.